The van der Waals surface area contributed by atoms with E-state index in [0.29, 0.717) is 5.69 Å². The molecule has 0 radical (unpaired) electrons. The molecule has 0 heterocycles. The fourth-order valence-corrected chi connectivity index (χ4v) is 1.42. The summed E-state index contributed by atoms with van der Waals surface area (Å²) in [6.07, 6.45) is 0. The van der Waals surface area contributed by atoms with E-state index in [1.165, 1.54) is 6.92 Å². The summed E-state index contributed by atoms with van der Waals surface area (Å²) >= 11 is 3.27. The SMILES string of the molecule is C=C(C)/C(O)=C(\C#N)C(=O)Nc1ccc(Br)cc1. The van der Waals surface area contributed by atoms with Crippen molar-refractivity contribution in [1.82, 2.24) is 0 Å². The number of rotatable bonds is 3. The van der Waals surface area contributed by atoms with E-state index in [1.807, 2.05) is 0 Å². The summed E-state index contributed by atoms with van der Waals surface area (Å²) in [5.41, 5.74) is 0.438. The molecule has 18 heavy (non-hydrogen) atoms. The second-order valence-electron chi connectivity index (χ2n) is 3.58. The van der Waals surface area contributed by atoms with Gasteiger partial charge in [-0.05, 0) is 36.8 Å². The van der Waals surface area contributed by atoms with Crippen molar-refractivity contribution in [2.45, 2.75) is 6.92 Å². The minimum absolute atomic E-state index is 0.262. The highest BCUT2D eigenvalue weighted by molar-refractivity contribution is 9.10. The third kappa shape index (κ3) is 3.47. The van der Waals surface area contributed by atoms with Gasteiger partial charge in [-0.2, -0.15) is 5.26 Å². The molecule has 0 unspecified atom stereocenters. The van der Waals surface area contributed by atoms with Crippen LogP contribution in [0.4, 0.5) is 5.69 Å². The molecule has 1 aromatic carbocycles. The molecule has 5 heteroatoms. The summed E-state index contributed by atoms with van der Waals surface area (Å²) in [6.45, 7) is 4.99. The maximum absolute atomic E-state index is 11.8. The maximum atomic E-state index is 11.8. The minimum atomic E-state index is -0.666. The molecule has 4 nitrogen and oxygen atoms in total. The van der Waals surface area contributed by atoms with Crippen LogP contribution in [0.2, 0.25) is 0 Å². The molecule has 0 saturated heterocycles. The molecule has 92 valence electrons. The van der Waals surface area contributed by atoms with Crippen LogP contribution in [0.5, 0.6) is 0 Å². The van der Waals surface area contributed by atoms with Crippen molar-refractivity contribution >= 4 is 27.5 Å². The lowest BCUT2D eigenvalue weighted by molar-refractivity contribution is -0.112. The molecule has 2 N–H and O–H groups in total. The largest absolute Gasteiger partial charge is 0.506 e. The fraction of sp³-hybridized carbons (Fsp3) is 0.0769. The molecule has 0 fully saturated rings. The Balaban J connectivity index is 2.95. The van der Waals surface area contributed by atoms with Gasteiger partial charge in [0, 0.05) is 10.2 Å². The van der Waals surface area contributed by atoms with Crippen LogP contribution in [0, 0.1) is 11.3 Å². The Bertz CT molecular complexity index is 553. The van der Waals surface area contributed by atoms with Crippen LogP contribution in [0.3, 0.4) is 0 Å². The van der Waals surface area contributed by atoms with Crippen molar-refractivity contribution in [3.8, 4) is 6.07 Å². The summed E-state index contributed by atoms with van der Waals surface area (Å²) in [5.74, 6) is -1.06. The highest BCUT2D eigenvalue weighted by atomic mass is 79.9. The number of nitrogens with zero attached hydrogens (tertiary/aromatic N) is 1. The number of aliphatic hydroxyl groups excluding tert-OH is 1. The lowest BCUT2D eigenvalue weighted by atomic mass is 10.1. The molecule has 0 aromatic heterocycles. The van der Waals surface area contributed by atoms with Crippen LogP contribution in [0.1, 0.15) is 6.92 Å². The molecule has 1 aromatic rings. The lowest BCUT2D eigenvalue weighted by Gasteiger charge is -2.06. The number of benzene rings is 1. The number of nitriles is 1. The average Bonchev–Trinajstić information content (AvgIpc) is 2.32. The first-order chi connectivity index (χ1) is 8.45. The standard InChI is InChI=1S/C13H11BrN2O2/c1-8(2)12(17)11(7-15)13(18)16-10-5-3-9(14)4-6-10/h3-6,17H,1H2,2H3,(H,16,18)/b12-11-. The topological polar surface area (TPSA) is 73.1 Å². The van der Waals surface area contributed by atoms with Crippen molar-refractivity contribution < 1.29 is 9.90 Å². The molecule has 1 rings (SSSR count). The number of hydrogen-bond donors (Lipinski definition) is 2. The molecule has 0 spiro atoms. The van der Waals surface area contributed by atoms with Crippen molar-refractivity contribution in [3.05, 3.63) is 52.2 Å². The zero-order valence-electron chi connectivity index (χ0n) is 9.70. The van der Waals surface area contributed by atoms with E-state index in [1.54, 1.807) is 30.3 Å². The molecule has 0 atom stereocenters. The predicted octanol–water partition coefficient (Wildman–Crippen LogP) is 3.30. The first kappa shape index (κ1) is 14.0. The van der Waals surface area contributed by atoms with Gasteiger partial charge in [0.2, 0.25) is 0 Å². The maximum Gasteiger partial charge on any atom is 0.270 e. The zero-order chi connectivity index (χ0) is 13.7. The van der Waals surface area contributed by atoms with Crippen molar-refractivity contribution in [2.24, 2.45) is 0 Å². The van der Waals surface area contributed by atoms with E-state index in [-0.39, 0.29) is 11.1 Å². The second kappa shape index (κ2) is 6.03. The van der Waals surface area contributed by atoms with Gasteiger partial charge >= 0.3 is 0 Å². The first-order valence-electron chi connectivity index (χ1n) is 5.02. The van der Waals surface area contributed by atoms with Crippen molar-refractivity contribution in [3.63, 3.8) is 0 Å². The van der Waals surface area contributed by atoms with Gasteiger partial charge in [0.15, 0.2) is 5.57 Å². The van der Waals surface area contributed by atoms with Gasteiger partial charge in [-0.3, -0.25) is 4.79 Å². The number of anilines is 1. The van der Waals surface area contributed by atoms with E-state index in [9.17, 15) is 9.90 Å². The van der Waals surface area contributed by atoms with Crippen molar-refractivity contribution in [1.29, 1.82) is 5.26 Å². The van der Waals surface area contributed by atoms with E-state index in [2.05, 4.69) is 27.8 Å². The third-order valence-electron chi connectivity index (χ3n) is 2.08. The quantitative estimate of drug-likeness (QED) is 0.389. The van der Waals surface area contributed by atoms with Gasteiger partial charge in [0.1, 0.15) is 11.8 Å². The normalized spacial score (nSPS) is 11.2. The fourth-order valence-electron chi connectivity index (χ4n) is 1.15. The third-order valence-corrected chi connectivity index (χ3v) is 2.61. The highest BCUT2D eigenvalue weighted by Gasteiger charge is 2.15. The number of amides is 1. The van der Waals surface area contributed by atoms with E-state index < -0.39 is 11.7 Å². The van der Waals surface area contributed by atoms with Crippen LogP contribution in [-0.2, 0) is 4.79 Å². The monoisotopic (exact) mass is 306 g/mol. The molecule has 0 aliphatic heterocycles. The Morgan fingerprint density at radius 2 is 2.00 bits per heavy atom. The molecular weight excluding hydrogens is 296 g/mol. The van der Waals surface area contributed by atoms with Gasteiger partial charge in [-0.1, -0.05) is 22.5 Å². The first-order valence-corrected chi connectivity index (χ1v) is 5.81. The number of allylic oxidation sites excluding steroid dienone is 1. The van der Waals surface area contributed by atoms with Gasteiger partial charge in [0.25, 0.3) is 5.91 Å². The molecule has 0 aliphatic carbocycles. The van der Waals surface area contributed by atoms with Crippen LogP contribution in [0.15, 0.2) is 52.2 Å². The average molecular weight is 307 g/mol. The molecular formula is C13H11BrN2O2. The Hall–Kier alpha value is -2.06. The summed E-state index contributed by atoms with van der Waals surface area (Å²) in [6, 6.07) is 8.52. The van der Waals surface area contributed by atoms with Gasteiger partial charge < -0.3 is 10.4 Å². The second-order valence-corrected chi connectivity index (χ2v) is 4.49. The molecule has 1 amide bonds. The van der Waals surface area contributed by atoms with Crippen molar-refractivity contribution in [2.75, 3.05) is 5.32 Å². The van der Waals surface area contributed by atoms with Crippen LogP contribution in [0.25, 0.3) is 0 Å². The van der Waals surface area contributed by atoms with Crippen LogP contribution in [-0.4, -0.2) is 11.0 Å². The minimum Gasteiger partial charge on any atom is -0.506 e. The lowest BCUT2D eigenvalue weighted by Crippen LogP contribution is -2.15. The number of aliphatic hydroxyl groups is 1. The van der Waals surface area contributed by atoms with Gasteiger partial charge in [-0.15, -0.1) is 0 Å². The Labute approximate surface area is 113 Å². The van der Waals surface area contributed by atoms with Crippen LogP contribution >= 0.6 is 15.9 Å². The number of hydrogen-bond acceptors (Lipinski definition) is 3. The van der Waals surface area contributed by atoms with Gasteiger partial charge in [0.05, 0.1) is 0 Å². The Morgan fingerprint density at radius 3 is 2.44 bits per heavy atom. The smallest absolute Gasteiger partial charge is 0.270 e. The van der Waals surface area contributed by atoms with Gasteiger partial charge in [-0.25, -0.2) is 0 Å². The number of carbonyl (C=O) groups is 1. The summed E-state index contributed by atoms with van der Waals surface area (Å²) in [7, 11) is 0. The Kier molecular flexibility index (Phi) is 4.69. The van der Waals surface area contributed by atoms with Crippen LogP contribution < -0.4 is 5.32 Å². The molecule has 0 aliphatic rings. The summed E-state index contributed by atoms with van der Waals surface area (Å²) < 4.78 is 0.876. The van der Waals surface area contributed by atoms with E-state index in [4.69, 9.17) is 5.26 Å². The molecule has 0 saturated carbocycles. The predicted molar refractivity (Wildman–Crippen MR) is 72.9 cm³/mol. The zero-order valence-corrected chi connectivity index (χ0v) is 11.3. The van der Waals surface area contributed by atoms with E-state index in [0.717, 1.165) is 4.47 Å². The molecule has 0 bridgehead atoms. The number of carbonyl (C=O) groups excluding carboxylic acids is 1. The highest BCUT2D eigenvalue weighted by Crippen LogP contribution is 2.16. The summed E-state index contributed by atoms with van der Waals surface area (Å²) in [4.78, 5) is 11.8. The number of nitrogens with one attached hydrogen (secondary N) is 1. The number of halogens is 1. The Morgan fingerprint density at radius 1 is 1.44 bits per heavy atom. The van der Waals surface area contributed by atoms with E-state index >= 15 is 0 Å². The summed E-state index contributed by atoms with van der Waals surface area (Å²) in [5, 5.41) is 20.9.